The first kappa shape index (κ1) is 27.0. The first-order valence-electron chi connectivity index (χ1n) is 15.8. The van der Waals surface area contributed by atoms with Crippen molar-refractivity contribution in [2.75, 3.05) is 102 Å². The molecule has 2 aromatic carbocycles. The quantitative estimate of drug-likeness (QED) is 0.309. The highest BCUT2D eigenvalue weighted by Crippen LogP contribution is 2.41. The van der Waals surface area contributed by atoms with Gasteiger partial charge in [-0.15, -0.1) is 0 Å². The Morgan fingerprint density at radius 2 is 1.61 bits per heavy atom. The molecule has 2 fully saturated rings. The number of hydrogen-bond donors (Lipinski definition) is 1. The Kier molecular flexibility index (Phi) is 7.98. The van der Waals surface area contributed by atoms with E-state index >= 15 is 0 Å². The molecular weight excluding hydrogens is 510 g/mol. The molecular formula is C33H45N7O. The molecule has 41 heavy (non-hydrogen) atoms. The van der Waals surface area contributed by atoms with Crippen LogP contribution < -0.4 is 10.2 Å². The predicted molar refractivity (Wildman–Crippen MR) is 170 cm³/mol. The van der Waals surface area contributed by atoms with Crippen LogP contribution in [0, 0.1) is 0 Å². The molecule has 5 heterocycles. The summed E-state index contributed by atoms with van der Waals surface area (Å²) in [7, 11) is 2.22. The third-order valence-electron chi connectivity index (χ3n) is 9.36. The zero-order chi connectivity index (χ0) is 27.6. The highest BCUT2D eigenvalue weighted by Gasteiger charge is 2.25. The molecule has 0 aliphatic carbocycles. The average Bonchev–Trinajstić information content (AvgIpc) is 3.18. The second kappa shape index (κ2) is 12.1. The zero-order valence-corrected chi connectivity index (χ0v) is 24.7. The van der Waals surface area contributed by atoms with Crippen molar-refractivity contribution in [1.29, 1.82) is 0 Å². The van der Waals surface area contributed by atoms with Gasteiger partial charge in [-0.25, -0.2) is 4.98 Å². The van der Waals surface area contributed by atoms with Crippen LogP contribution in [0.25, 0.3) is 32.8 Å². The van der Waals surface area contributed by atoms with Gasteiger partial charge in [0.2, 0.25) is 0 Å². The lowest BCUT2D eigenvalue weighted by Crippen LogP contribution is -2.44. The smallest absolute Gasteiger partial charge is 0.0988 e. The molecule has 0 radical (unpaired) electrons. The number of para-hydroxylation sites is 1. The Bertz CT molecular complexity index is 1490. The number of nitrogens with one attached hydrogen (secondary N) is 1. The topological polar surface area (TPSA) is 52.0 Å². The molecule has 2 aromatic heterocycles. The fraction of sp³-hybridized carbons (Fsp3) is 0.545. The van der Waals surface area contributed by atoms with E-state index in [-0.39, 0.29) is 0 Å². The predicted octanol–water partition coefficient (Wildman–Crippen LogP) is 4.32. The molecule has 4 aromatic rings. The highest BCUT2D eigenvalue weighted by molar-refractivity contribution is 6.17. The number of benzene rings is 2. The number of hydrogen-bond acceptors (Lipinski definition) is 7. The molecule has 0 bridgehead atoms. The maximum absolute atomic E-state index is 5.57. The number of pyridine rings is 1. The fourth-order valence-corrected chi connectivity index (χ4v) is 7.04. The number of fused-ring (bicyclic) bond motifs is 5. The summed E-state index contributed by atoms with van der Waals surface area (Å²) in [4.78, 5) is 15.6. The summed E-state index contributed by atoms with van der Waals surface area (Å²) in [5, 5.41) is 6.26. The summed E-state index contributed by atoms with van der Waals surface area (Å²) >= 11 is 0. The minimum Gasteiger partial charge on any atom is -0.385 e. The van der Waals surface area contributed by atoms with Gasteiger partial charge in [-0.2, -0.15) is 0 Å². The van der Waals surface area contributed by atoms with Gasteiger partial charge in [0.25, 0.3) is 0 Å². The number of nitrogens with zero attached hydrogens (tertiary/aromatic N) is 6. The van der Waals surface area contributed by atoms with Gasteiger partial charge in [0.15, 0.2) is 0 Å². The van der Waals surface area contributed by atoms with Crippen LogP contribution in [0.2, 0.25) is 0 Å². The normalized spacial score (nSPS) is 19.4. The van der Waals surface area contributed by atoms with E-state index in [1.165, 1.54) is 65.8 Å². The van der Waals surface area contributed by atoms with Crippen LogP contribution in [0.5, 0.6) is 0 Å². The summed E-state index contributed by atoms with van der Waals surface area (Å²) in [5.74, 6) is 0. The van der Waals surface area contributed by atoms with Crippen molar-refractivity contribution in [3.63, 3.8) is 0 Å². The lowest BCUT2D eigenvalue weighted by Gasteiger charge is -2.32. The van der Waals surface area contributed by atoms with Crippen LogP contribution >= 0.6 is 0 Å². The van der Waals surface area contributed by atoms with E-state index in [0.717, 1.165) is 89.4 Å². The second-order valence-corrected chi connectivity index (χ2v) is 12.1. The van der Waals surface area contributed by atoms with Crippen LogP contribution in [0.4, 0.5) is 11.4 Å². The zero-order valence-electron chi connectivity index (χ0n) is 24.7. The summed E-state index contributed by atoms with van der Waals surface area (Å²) in [5.41, 5.74) is 7.42. The molecule has 8 nitrogen and oxygen atoms in total. The molecule has 2 saturated heterocycles. The summed E-state index contributed by atoms with van der Waals surface area (Å²) in [6.07, 6.45) is 3.47. The van der Waals surface area contributed by atoms with E-state index in [2.05, 4.69) is 79.0 Å². The Hall–Kier alpha value is -2.91. The molecule has 0 spiro atoms. The van der Waals surface area contributed by atoms with Gasteiger partial charge in [0, 0.05) is 88.5 Å². The monoisotopic (exact) mass is 555 g/mol. The number of piperazine rings is 1. The number of rotatable bonds is 9. The van der Waals surface area contributed by atoms with Crippen LogP contribution in [0.1, 0.15) is 19.3 Å². The molecule has 7 rings (SSSR count). The number of morpholine rings is 1. The Balaban J connectivity index is 1.16. The van der Waals surface area contributed by atoms with Gasteiger partial charge >= 0.3 is 0 Å². The van der Waals surface area contributed by atoms with Gasteiger partial charge in [0.1, 0.15) is 0 Å². The van der Waals surface area contributed by atoms with Crippen molar-refractivity contribution in [1.82, 2.24) is 24.3 Å². The number of ether oxygens (including phenoxy) is 1. The SMILES string of the molecule is CN1CCN(CCCNc2ccc3c4c5c(nc3c2)c2ccccc2n5CCCN4CCCN2CCOCC2)CC1. The van der Waals surface area contributed by atoms with Crippen molar-refractivity contribution >= 4 is 44.2 Å². The molecule has 1 N–H and O–H groups in total. The number of aryl methyl sites for hydroxylation is 1. The van der Waals surface area contributed by atoms with Crippen molar-refractivity contribution in [2.24, 2.45) is 0 Å². The van der Waals surface area contributed by atoms with E-state index in [4.69, 9.17) is 9.72 Å². The number of anilines is 2. The van der Waals surface area contributed by atoms with E-state index in [1.54, 1.807) is 0 Å². The van der Waals surface area contributed by atoms with Crippen LogP contribution in [0.3, 0.4) is 0 Å². The Labute approximate surface area is 243 Å². The molecule has 0 amide bonds. The third-order valence-corrected chi connectivity index (χ3v) is 9.36. The van der Waals surface area contributed by atoms with Crippen LogP contribution in [0.15, 0.2) is 42.5 Å². The first-order chi connectivity index (χ1) is 20.2. The van der Waals surface area contributed by atoms with E-state index in [1.807, 2.05) is 0 Å². The average molecular weight is 556 g/mol. The Morgan fingerprint density at radius 3 is 2.49 bits per heavy atom. The van der Waals surface area contributed by atoms with E-state index < -0.39 is 0 Å². The van der Waals surface area contributed by atoms with Gasteiger partial charge < -0.3 is 29.3 Å². The maximum Gasteiger partial charge on any atom is 0.0988 e. The Morgan fingerprint density at radius 1 is 0.805 bits per heavy atom. The van der Waals surface area contributed by atoms with E-state index in [9.17, 15) is 0 Å². The third kappa shape index (κ3) is 5.63. The molecule has 3 aliphatic heterocycles. The van der Waals surface area contributed by atoms with Crippen molar-refractivity contribution in [2.45, 2.75) is 25.8 Å². The molecule has 8 heteroatoms. The standard InChI is InChI=1S/C33H45N7O/c1-36-17-19-37(20-18-36)12-4-11-34-26-9-10-27-29(25-26)35-31-28-7-2-3-8-30(28)40-16-6-15-39(32(27)33(31)40)14-5-13-38-21-23-41-24-22-38/h2-3,7-10,25,34H,4-6,11-24H2,1H3. The largest absolute Gasteiger partial charge is 0.385 e. The second-order valence-electron chi connectivity index (χ2n) is 12.1. The number of aromatic nitrogens is 2. The fourth-order valence-electron chi connectivity index (χ4n) is 7.04. The van der Waals surface area contributed by atoms with Gasteiger partial charge in [-0.05, 0) is 57.1 Å². The van der Waals surface area contributed by atoms with Crippen molar-refractivity contribution < 1.29 is 4.74 Å². The molecule has 0 unspecified atom stereocenters. The summed E-state index contributed by atoms with van der Waals surface area (Å²) in [6.45, 7) is 15.1. The first-order valence-corrected chi connectivity index (χ1v) is 15.8. The van der Waals surface area contributed by atoms with Gasteiger partial charge in [-0.3, -0.25) is 4.90 Å². The van der Waals surface area contributed by atoms with Crippen LogP contribution in [-0.4, -0.2) is 117 Å². The molecule has 0 saturated carbocycles. The summed E-state index contributed by atoms with van der Waals surface area (Å²) in [6, 6.07) is 15.7. The lowest BCUT2D eigenvalue weighted by atomic mass is 10.1. The highest BCUT2D eigenvalue weighted by atomic mass is 16.5. The molecule has 0 atom stereocenters. The van der Waals surface area contributed by atoms with Crippen molar-refractivity contribution in [3.8, 4) is 0 Å². The lowest BCUT2D eigenvalue weighted by molar-refractivity contribution is 0.0376. The minimum absolute atomic E-state index is 0.867. The molecule has 3 aliphatic rings. The summed E-state index contributed by atoms with van der Waals surface area (Å²) < 4.78 is 8.11. The molecule has 218 valence electrons. The maximum atomic E-state index is 5.57. The van der Waals surface area contributed by atoms with Crippen LogP contribution in [-0.2, 0) is 11.3 Å². The van der Waals surface area contributed by atoms with Crippen molar-refractivity contribution in [3.05, 3.63) is 42.5 Å². The number of likely N-dealkylation sites (N-methyl/N-ethyl adjacent to an activating group) is 1. The minimum atomic E-state index is 0.867. The van der Waals surface area contributed by atoms with E-state index in [0.29, 0.717) is 0 Å². The van der Waals surface area contributed by atoms with Gasteiger partial charge in [0.05, 0.1) is 41.0 Å². The van der Waals surface area contributed by atoms with Gasteiger partial charge in [-0.1, -0.05) is 18.2 Å².